The normalized spacial score (nSPS) is 11.3. The molecule has 0 spiro atoms. The molecule has 3 rings (SSSR count). The summed E-state index contributed by atoms with van der Waals surface area (Å²) in [7, 11) is 0. The lowest BCUT2D eigenvalue weighted by atomic mass is 10.2. The lowest BCUT2D eigenvalue weighted by molar-refractivity contribution is -0.146. The van der Waals surface area contributed by atoms with E-state index in [1.807, 2.05) is 91.0 Å². The second kappa shape index (κ2) is 11.7. The molecular weight excluding hydrogens is 398 g/mol. The van der Waals surface area contributed by atoms with Gasteiger partial charge in [-0.05, 0) is 23.3 Å². The Kier molecular flexibility index (Phi) is 8.35. The van der Waals surface area contributed by atoms with Crippen LogP contribution in [0.25, 0.3) is 0 Å². The standard InChI is InChI=1S/C24H23NO4S/c26-23(28-16-19-10-4-1-5-11-19)22(18-30-21-14-8-3-9-15-21)25-24(27)29-17-20-12-6-2-7-13-20/h1-15,22H,16-18H2,(H,25,27)/t22-/m0/s1. The van der Waals surface area contributed by atoms with Crippen molar-refractivity contribution in [3.8, 4) is 0 Å². The minimum absolute atomic E-state index is 0.129. The van der Waals surface area contributed by atoms with Crippen molar-refractivity contribution in [3.63, 3.8) is 0 Å². The molecule has 1 N–H and O–H groups in total. The summed E-state index contributed by atoms with van der Waals surface area (Å²) >= 11 is 1.46. The molecule has 0 saturated carbocycles. The van der Waals surface area contributed by atoms with E-state index in [-0.39, 0.29) is 13.2 Å². The van der Waals surface area contributed by atoms with Crippen molar-refractivity contribution >= 4 is 23.8 Å². The fourth-order valence-corrected chi connectivity index (χ4v) is 3.53. The van der Waals surface area contributed by atoms with E-state index in [9.17, 15) is 9.59 Å². The lowest BCUT2D eigenvalue weighted by Gasteiger charge is -2.17. The van der Waals surface area contributed by atoms with Crippen molar-refractivity contribution in [2.24, 2.45) is 0 Å². The number of hydrogen-bond acceptors (Lipinski definition) is 5. The molecule has 0 fully saturated rings. The first-order valence-corrected chi connectivity index (χ1v) is 10.5. The van der Waals surface area contributed by atoms with E-state index < -0.39 is 18.1 Å². The summed E-state index contributed by atoms with van der Waals surface area (Å²) in [4.78, 5) is 25.9. The van der Waals surface area contributed by atoms with Crippen LogP contribution < -0.4 is 5.32 Å². The molecule has 1 atom stereocenters. The van der Waals surface area contributed by atoms with Gasteiger partial charge < -0.3 is 14.8 Å². The quantitative estimate of drug-likeness (QED) is 0.396. The second-order valence-electron chi connectivity index (χ2n) is 6.48. The van der Waals surface area contributed by atoms with Gasteiger partial charge in [0.05, 0.1) is 0 Å². The van der Waals surface area contributed by atoms with E-state index in [0.29, 0.717) is 5.75 Å². The van der Waals surface area contributed by atoms with Crippen LogP contribution in [0, 0.1) is 0 Å². The molecule has 6 heteroatoms. The first-order chi connectivity index (χ1) is 14.7. The smallest absolute Gasteiger partial charge is 0.408 e. The number of amides is 1. The number of alkyl carbamates (subject to hydrolysis) is 1. The third kappa shape index (κ3) is 7.29. The number of nitrogens with one attached hydrogen (secondary N) is 1. The van der Waals surface area contributed by atoms with E-state index in [2.05, 4.69) is 5.32 Å². The Bertz CT molecular complexity index is 920. The van der Waals surface area contributed by atoms with Crippen molar-refractivity contribution < 1.29 is 19.1 Å². The predicted molar refractivity (Wildman–Crippen MR) is 117 cm³/mol. The molecule has 0 saturated heterocycles. The zero-order valence-electron chi connectivity index (χ0n) is 16.4. The largest absolute Gasteiger partial charge is 0.459 e. The Morgan fingerprint density at radius 3 is 1.80 bits per heavy atom. The van der Waals surface area contributed by atoms with Gasteiger partial charge in [0.1, 0.15) is 19.3 Å². The van der Waals surface area contributed by atoms with Gasteiger partial charge in [0.15, 0.2) is 0 Å². The van der Waals surface area contributed by atoms with Gasteiger partial charge in [-0.25, -0.2) is 9.59 Å². The van der Waals surface area contributed by atoms with E-state index in [0.717, 1.165) is 16.0 Å². The topological polar surface area (TPSA) is 64.6 Å². The van der Waals surface area contributed by atoms with Crippen LogP contribution in [0.4, 0.5) is 4.79 Å². The van der Waals surface area contributed by atoms with Crippen molar-refractivity contribution in [1.29, 1.82) is 0 Å². The van der Waals surface area contributed by atoms with Crippen LogP contribution in [0.15, 0.2) is 95.9 Å². The maximum Gasteiger partial charge on any atom is 0.408 e. The molecule has 0 bridgehead atoms. The van der Waals surface area contributed by atoms with E-state index >= 15 is 0 Å². The summed E-state index contributed by atoms with van der Waals surface area (Å²) in [6.07, 6.45) is -0.658. The summed E-state index contributed by atoms with van der Waals surface area (Å²) in [5.74, 6) is -0.170. The molecule has 1 amide bonds. The molecule has 5 nitrogen and oxygen atoms in total. The zero-order chi connectivity index (χ0) is 21.0. The molecule has 0 aliphatic rings. The first kappa shape index (κ1) is 21.5. The fourth-order valence-electron chi connectivity index (χ4n) is 2.60. The van der Waals surface area contributed by atoms with Crippen LogP contribution in [0.3, 0.4) is 0 Å². The average molecular weight is 422 g/mol. The second-order valence-corrected chi connectivity index (χ2v) is 7.57. The molecule has 0 aromatic heterocycles. The number of carbonyl (C=O) groups is 2. The predicted octanol–water partition coefficient (Wildman–Crippen LogP) is 4.82. The Morgan fingerprint density at radius 1 is 0.733 bits per heavy atom. The average Bonchev–Trinajstić information content (AvgIpc) is 2.81. The Labute approximate surface area is 180 Å². The van der Waals surface area contributed by atoms with Gasteiger partial charge >= 0.3 is 12.1 Å². The van der Waals surface area contributed by atoms with Crippen LogP contribution in [-0.2, 0) is 27.5 Å². The van der Waals surface area contributed by atoms with E-state index in [4.69, 9.17) is 9.47 Å². The Balaban J connectivity index is 1.57. The Hall–Kier alpha value is -3.25. The monoisotopic (exact) mass is 421 g/mol. The van der Waals surface area contributed by atoms with E-state index in [1.54, 1.807) is 0 Å². The highest BCUT2D eigenvalue weighted by Crippen LogP contribution is 2.18. The third-order valence-corrected chi connectivity index (χ3v) is 5.28. The van der Waals surface area contributed by atoms with Crippen molar-refractivity contribution in [2.75, 3.05) is 5.75 Å². The van der Waals surface area contributed by atoms with Gasteiger partial charge in [-0.1, -0.05) is 78.9 Å². The van der Waals surface area contributed by atoms with Crippen LogP contribution in [0.5, 0.6) is 0 Å². The molecular formula is C24H23NO4S. The van der Waals surface area contributed by atoms with Gasteiger partial charge in [-0.3, -0.25) is 0 Å². The first-order valence-electron chi connectivity index (χ1n) is 9.56. The summed E-state index contributed by atoms with van der Waals surface area (Å²) in [5, 5.41) is 2.64. The number of esters is 1. The lowest BCUT2D eigenvalue weighted by Crippen LogP contribution is -2.43. The molecule has 0 aliphatic carbocycles. The molecule has 3 aromatic rings. The Morgan fingerprint density at radius 2 is 1.23 bits per heavy atom. The molecule has 0 heterocycles. The number of carbonyl (C=O) groups excluding carboxylic acids is 2. The van der Waals surface area contributed by atoms with Crippen LogP contribution in [0.2, 0.25) is 0 Å². The maximum atomic E-state index is 12.6. The number of thioether (sulfide) groups is 1. The summed E-state index contributed by atoms with van der Waals surface area (Å²) in [6.45, 7) is 0.275. The van der Waals surface area contributed by atoms with Crippen LogP contribution in [0.1, 0.15) is 11.1 Å². The van der Waals surface area contributed by atoms with Gasteiger partial charge in [-0.2, -0.15) is 0 Å². The number of rotatable bonds is 9. The van der Waals surface area contributed by atoms with Gasteiger partial charge in [0.2, 0.25) is 0 Å². The summed E-state index contributed by atoms with van der Waals surface area (Å²) < 4.78 is 10.7. The van der Waals surface area contributed by atoms with Crippen molar-refractivity contribution in [1.82, 2.24) is 5.32 Å². The highest BCUT2D eigenvalue weighted by Gasteiger charge is 2.23. The van der Waals surface area contributed by atoms with E-state index in [1.165, 1.54) is 11.8 Å². The summed E-state index contributed by atoms with van der Waals surface area (Å²) in [6, 6.07) is 27.6. The highest BCUT2D eigenvalue weighted by molar-refractivity contribution is 7.99. The molecule has 0 aliphatic heterocycles. The fraction of sp³-hybridized carbons (Fsp3) is 0.167. The number of benzene rings is 3. The maximum absolute atomic E-state index is 12.6. The number of ether oxygens (including phenoxy) is 2. The molecule has 30 heavy (non-hydrogen) atoms. The molecule has 0 unspecified atom stereocenters. The third-order valence-electron chi connectivity index (χ3n) is 4.17. The highest BCUT2D eigenvalue weighted by atomic mass is 32.2. The SMILES string of the molecule is O=C(N[C@@H](CSc1ccccc1)C(=O)OCc1ccccc1)OCc1ccccc1. The molecule has 154 valence electrons. The minimum Gasteiger partial charge on any atom is -0.459 e. The van der Waals surface area contributed by atoms with Crippen molar-refractivity contribution in [2.45, 2.75) is 24.2 Å². The summed E-state index contributed by atoms with van der Waals surface area (Å²) in [5.41, 5.74) is 1.75. The molecule has 0 radical (unpaired) electrons. The van der Waals surface area contributed by atoms with Gasteiger partial charge in [0, 0.05) is 10.6 Å². The van der Waals surface area contributed by atoms with Crippen LogP contribution in [-0.4, -0.2) is 23.9 Å². The van der Waals surface area contributed by atoms with Crippen molar-refractivity contribution in [3.05, 3.63) is 102 Å². The van der Waals surface area contributed by atoms with Crippen LogP contribution >= 0.6 is 11.8 Å². The zero-order valence-corrected chi connectivity index (χ0v) is 17.2. The van der Waals surface area contributed by atoms with Gasteiger partial charge in [0.25, 0.3) is 0 Å². The molecule has 3 aromatic carbocycles. The van der Waals surface area contributed by atoms with Gasteiger partial charge in [-0.15, -0.1) is 11.8 Å². The minimum atomic E-state index is -0.831. The number of hydrogen-bond donors (Lipinski definition) is 1.